The average Bonchev–Trinajstić information content (AvgIpc) is 2.86. The van der Waals surface area contributed by atoms with Crippen molar-refractivity contribution in [3.63, 3.8) is 0 Å². The van der Waals surface area contributed by atoms with E-state index >= 15 is 0 Å². The number of hydrogen-bond acceptors (Lipinski definition) is 4. The third-order valence-electron chi connectivity index (χ3n) is 3.30. The lowest BCUT2D eigenvalue weighted by molar-refractivity contribution is 0.0483. The minimum Gasteiger partial charge on any atom is -0.444 e. The summed E-state index contributed by atoms with van der Waals surface area (Å²) in [6.07, 6.45) is 1.70. The summed E-state index contributed by atoms with van der Waals surface area (Å²) in [5.41, 5.74) is 1.81. The van der Waals surface area contributed by atoms with Gasteiger partial charge in [0.2, 0.25) is 0 Å². The van der Waals surface area contributed by atoms with Gasteiger partial charge in [-0.15, -0.1) is 0 Å². The molecule has 1 aromatic carbocycles. The van der Waals surface area contributed by atoms with Crippen LogP contribution in [0.5, 0.6) is 0 Å². The third-order valence-corrected chi connectivity index (χ3v) is 3.30. The number of fused-ring (bicyclic) bond motifs is 1. The van der Waals surface area contributed by atoms with Gasteiger partial charge in [-0.3, -0.25) is 0 Å². The number of ether oxygens (including phenoxy) is 1. The van der Waals surface area contributed by atoms with Crippen LogP contribution in [-0.4, -0.2) is 34.4 Å². The maximum Gasteiger partial charge on any atom is 0.407 e. The van der Waals surface area contributed by atoms with Crippen LogP contribution in [0.25, 0.3) is 10.9 Å². The highest BCUT2D eigenvalue weighted by molar-refractivity contribution is 5.84. The van der Waals surface area contributed by atoms with E-state index in [1.807, 2.05) is 12.3 Å². The Bertz CT molecular complexity index is 738. The molecule has 1 heterocycles. The molecule has 1 aromatic heterocycles. The van der Waals surface area contributed by atoms with Gasteiger partial charge in [-0.25, -0.2) is 4.79 Å². The Balaban J connectivity index is 2.13. The van der Waals surface area contributed by atoms with Crippen molar-refractivity contribution in [3.8, 4) is 6.07 Å². The van der Waals surface area contributed by atoms with E-state index in [1.165, 1.54) is 0 Å². The SMILES string of the molecule is CC(C)(C)OC(=O)N[C@H](CO)Cc1c[nH]c2ccc(C#N)cc12. The number of hydrogen-bond donors (Lipinski definition) is 3. The summed E-state index contributed by atoms with van der Waals surface area (Å²) in [5.74, 6) is 0. The van der Waals surface area contributed by atoms with Crippen LogP contribution in [0.3, 0.4) is 0 Å². The quantitative estimate of drug-likeness (QED) is 0.807. The number of aliphatic hydroxyl groups excluding tert-OH is 1. The van der Waals surface area contributed by atoms with Gasteiger partial charge in [0.25, 0.3) is 0 Å². The number of H-pyrrole nitrogens is 1. The summed E-state index contributed by atoms with van der Waals surface area (Å²) in [7, 11) is 0. The summed E-state index contributed by atoms with van der Waals surface area (Å²) in [4.78, 5) is 15.0. The van der Waals surface area contributed by atoms with Crippen LogP contribution in [0.1, 0.15) is 31.9 Å². The van der Waals surface area contributed by atoms with E-state index < -0.39 is 17.7 Å². The van der Waals surface area contributed by atoms with Crippen molar-refractivity contribution in [1.29, 1.82) is 5.26 Å². The van der Waals surface area contributed by atoms with Gasteiger partial charge in [0.05, 0.1) is 24.3 Å². The van der Waals surface area contributed by atoms with Gasteiger partial charge in [0.1, 0.15) is 5.60 Å². The monoisotopic (exact) mass is 315 g/mol. The Morgan fingerprint density at radius 2 is 2.22 bits per heavy atom. The largest absolute Gasteiger partial charge is 0.444 e. The first-order chi connectivity index (χ1) is 10.8. The molecule has 6 heteroatoms. The first-order valence-corrected chi connectivity index (χ1v) is 7.43. The molecule has 0 aliphatic carbocycles. The number of alkyl carbamates (subject to hydrolysis) is 1. The van der Waals surface area contributed by atoms with Crippen molar-refractivity contribution >= 4 is 17.0 Å². The normalized spacial score (nSPS) is 12.7. The lowest BCUT2D eigenvalue weighted by atomic mass is 10.0. The highest BCUT2D eigenvalue weighted by atomic mass is 16.6. The smallest absolute Gasteiger partial charge is 0.407 e. The van der Waals surface area contributed by atoms with E-state index in [4.69, 9.17) is 10.00 Å². The molecular formula is C17H21N3O3. The van der Waals surface area contributed by atoms with Crippen molar-refractivity contribution in [2.24, 2.45) is 0 Å². The maximum atomic E-state index is 11.8. The predicted molar refractivity (Wildman–Crippen MR) is 87.0 cm³/mol. The van der Waals surface area contributed by atoms with Gasteiger partial charge < -0.3 is 20.1 Å². The number of nitrogens with one attached hydrogen (secondary N) is 2. The number of rotatable bonds is 4. The number of aliphatic hydroxyl groups is 1. The molecule has 1 amide bonds. The van der Waals surface area contributed by atoms with Gasteiger partial charge in [0, 0.05) is 17.1 Å². The Morgan fingerprint density at radius 1 is 1.48 bits per heavy atom. The summed E-state index contributed by atoms with van der Waals surface area (Å²) < 4.78 is 5.20. The fraction of sp³-hybridized carbons (Fsp3) is 0.412. The standard InChI is InChI=1S/C17H21N3O3/c1-17(2,3)23-16(22)20-13(10-21)7-12-9-19-15-5-4-11(8-18)6-14(12)15/h4-6,9,13,19,21H,7,10H2,1-3H3,(H,20,22)/t13-/m0/s1. The van der Waals surface area contributed by atoms with Crippen molar-refractivity contribution in [3.05, 3.63) is 35.5 Å². The number of benzene rings is 1. The Morgan fingerprint density at radius 3 is 2.83 bits per heavy atom. The van der Waals surface area contributed by atoms with Crippen LogP contribution in [0.2, 0.25) is 0 Å². The molecule has 0 aliphatic rings. The molecule has 6 nitrogen and oxygen atoms in total. The first-order valence-electron chi connectivity index (χ1n) is 7.43. The Kier molecular flexibility index (Phi) is 4.92. The molecule has 0 spiro atoms. The lowest BCUT2D eigenvalue weighted by Gasteiger charge is -2.22. The minimum absolute atomic E-state index is 0.205. The molecular weight excluding hydrogens is 294 g/mol. The van der Waals surface area contributed by atoms with Crippen molar-refractivity contribution in [2.75, 3.05) is 6.61 Å². The highest BCUT2D eigenvalue weighted by Gasteiger charge is 2.20. The number of carbonyl (C=O) groups excluding carboxylic acids is 1. The van der Waals surface area contributed by atoms with Gasteiger partial charge in [0.15, 0.2) is 0 Å². The molecule has 122 valence electrons. The van der Waals surface area contributed by atoms with Crippen LogP contribution < -0.4 is 5.32 Å². The van der Waals surface area contributed by atoms with Gasteiger partial charge in [-0.05, 0) is 51.0 Å². The second-order valence-corrected chi connectivity index (χ2v) is 6.42. The molecule has 0 bridgehead atoms. The Labute approximate surface area is 135 Å². The number of carbonyl (C=O) groups is 1. The zero-order valence-electron chi connectivity index (χ0n) is 13.5. The van der Waals surface area contributed by atoms with Crippen LogP contribution >= 0.6 is 0 Å². The van der Waals surface area contributed by atoms with Gasteiger partial charge >= 0.3 is 6.09 Å². The zero-order valence-corrected chi connectivity index (χ0v) is 13.5. The van der Waals surface area contributed by atoms with Crippen LogP contribution in [0.4, 0.5) is 4.79 Å². The molecule has 0 unspecified atom stereocenters. The van der Waals surface area contributed by atoms with Crippen molar-refractivity contribution < 1.29 is 14.6 Å². The lowest BCUT2D eigenvalue weighted by Crippen LogP contribution is -2.42. The fourth-order valence-corrected chi connectivity index (χ4v) is 2.32. The van der Waals surface area contributed by atoms with E-state index in [0.717, 1.165) is 16.5 Å². The van der Waals surface area contributed by atoms with E-state index in [1.54, 1.807) is 32.9 Å². The van der Waals surface area contributed by atoms with Crippen molar-refractivity contribution in [2.45, 2.75) is 38.8 Å². The molecule has 2 rings (SSSR count). The van der Waals surface area contributed by atoms with E-state index in [2.05, 4.69) is 16.4 Å². The second kappa shape index (κ2) is 6.71. The number of nitriles is 1. The average molecular weight is 315 g/mol. The topological polar surface area (TPSA) is 98.1 Å². The molecule has 23 heavy (non-hydrogen) atoms. The zero-order chi connectivity index (χ0) is 17.0. The number of aromatic nitrogens is 1. The first kappa shape index (κ1) is 16.8. The van der Waals surface area contributed by atoms with E-state index in [0.29, 0.717) is 12.0 Å². The molecule has 3 N–H and O–H groups in total. The molecule has 0 saturated carbocycles. The summed E-state index contributed by atoms with van der Waals surface area (Å²) in [6, 6.07) is 7.02. The summed E-state index contributed by atoms with van der Waals surface area (Å²) in [5, 5.41) is 22.1. The fourth-order valence-electron chi connectivity index (χ4n) is 2.32. The van der Waals surface area contributed by atoms with Crippen molar-refractivity contribution in [1.82, 2.24) is 10.3 Å². The number of amides is 1. The third kappa shape index (κ3) is 4.47. The van der Waals surface area contributed by atoms with E-state index in [9.17, 15) is 9.90 Å². The molecule has 0 fully saturated rings. The van der Waals surface area contributed by atoms with E-state index in [-0.39, 0.29) is 6.61 Å². The maximum absolute atomic E-state index is 11.8. The van der Waals surface area contributed by atoms with Gasteiger partial charge in [-0.1, -0.05) is 0 Å². The van der Waals surface area contributed by atoms with Crippen LogP contribution in [0, 0.1) is 11.3 Å². The highest BCUT2D eigenvalue weighted by Crippen LogP contribution is 2.21. The predicted octanol–water partition coefficient (Wildman–Crippen LogP) is 2.47. The van der Waals surface area contributed by atoms with Crippen LogP contribution in [0.15, 0.2) is 24.4 Å². The van der Waals surface area contributed by atoms with Gasteiger partial charge in [-0.2, -0.15) is 5.26 Å². The molecule has 2 aromatic rings. The Hall–Kier alpha value is -2.52. The number of nitrogens with zero attached hydrogens (tertiary/aromatic N) is 1. The minimum atomic E-state index is -0.591. The molecule has 0 aliphatic heterocycles. The number of aromatic amines is 1. The second-order valence-electron chi connectivity index (χ2n) is 6.42. The summed E-state index contributed by atoms with van der Waals surface area (Å²) in [6.45, 7) is 5.14. The molecule has 0 saturated heterocycles. The molecule has 1 atom stereocenters. The van der Waals surface area contributed by atoms with Crippen LogP contribution in [-0.2, 0) is 11.2 Å². The summed E-state index contributed by atoms with van der Waals surface area (Å²) >= 11 is 0. The molecule has 0 radical (unpaired) electrons.